The molecule has 0 unspecified atom stereocenters. The summed E-state index contributed by atoms with van der Waals surface area (Å²) in [6.45, 7) is 4.88. The predicted octanol–water partition coefficient (Wildman–Crippen LogP) is 3.73. The van der Waals surface area contributed by atoms with Crippen molar-refractivity contribution in [3.63, 3.8) is 0 Å². The minimum atomic E-state index is -0.201. The number of carbonyl (C=O) groups is 1. The topological polar surface area (TPSA) is 35.6 Å². The molecule has 26 heavy (non-hydrogen) atoms. The Morgan fingerprint density at radius 1 is 0.962 bits per heavy atom. The zero-order valence-corrected chi connectivity index (χ0v) is 16.2. The Bertz CT molecular complexity index is 721. The number of hydrogen-bond acceptors (Lipinski definition) is 3. The van der Waals surface area contributed by atoms with Gasteiger partial charge in [-0.05, 0) is 61.5 Å². The van der Waals surface area contributed by atoms with Crippen molar-refractivity contribution < 1.29 is 9.18 Å². The Morgan fingerprint density at radius 3 is 2.35 bits per heavy atom. The van der Waals surface area contributed by atoms with Crippen LogP contribution in [0, 0.1) is 5.82 Å². The molecule has 1 N–H and O–H groups in total. The standard InChI is InChI=1S/C20H23BrFN3O/c21-17-4-8-19(9-5-17)23-20(26)15-25-11-1-10-24(12-13-25)14-16-2-6-18(22)7-3-16/h2-9H,1,10-15H2,(H,23,26). The predicted molar refractivity (Wildman–Crippen MR) is 106 cm³/mol. The molecule has 138 valence electrons. The average Bonchev–Trinajstić information content (AvgIpc) is 2.84. The number of anilines is 1. The highest BCUT2D eigenvalue weighted by Gasteiger charge is 2.17. The van der Waals surface area contributed by atoms with Gasteiger partial charge < -0.3 is 5.32 Å². The maximum atomic E-state index is 13.0. The quantitative estimate of drug-likeness (QED) is 0.801. The van der Waals surface area contributed by atoms with Gasteiger partial charge in [0.15, 0.2) is 0 Å². The van der Waals surface area contributed by atoms with Gasteiger partial charge in [-0.15, -0.1) is 0 Å². The van der Waals surface area contributed by atoms with Crippen molar-refractivity contribution in [1.29, 1.82) is 0 Å². The van der Waals surface area contributed by atoms with Crippen LogP contribution in [0.25, 0.3) is 0 Å². The summed E-state index contributed by atoms with van der Waals surface area (Å²) >= 11 is 3.39. The second kappa shape index (κ2) is 9.26. The fraction of sp³-hybridized carbons (Fsp3) is 0.350. The SMILES string of the molecule is O=C(CN1CCCN(Cc2ccc(F)cc2)CC1)Nc1ccc(Br)cc1. The molecule has 6 heteroatoms. The summed E-state index contributed by atoms with van der Waals surface area (Å²) in [6, 6.07) is 14.3. The first kappa shape index (κ1) is 19.0. The van der Waals surface area contributed by atoms with E-state index < -0.39 is 0 Å². The number of carbonyl (C=O) groups excluding carboxylic acids is 1. The third-order valence-corrected chi connectivity index (χ3v) is 5.02. The number of amides is 1. The number of benzene rings is 2. The lowest BCUT2D eigenvalue weighted by Gasteiger charge is -2.21. The van der Waals surface area contributed by atoms with Crippen molar-refractivity contribution in [2.75, 3.05) is 38.0 Å². The molecule has 0 atom stereocenters. The Hall–Kier alpha value is -1.76. The third kappa shape index (κ3) is 5.90. The number of rotatable bonds is 5. The van der Waals surface area contributed by atoms with Gasteiger partial charge in [0, 0.05) is 29.8 Å². The molecule has 1 heterocycles. The van der Waals surface area contributed by atoms with E-state index in [1.54, 1.807) is 0 Å². The van der Waals surface area contributed by atoms with Crippen molar-refractivity contribution in [3.8, 4) is 0 Å². The van der Waals surface area contributed by atoms with E-state index in [9.17, 15) is 9.18 Å². The van der Waals surface area contributed by atoms with E-state index in [2.05, 4.69) is 31.0 Å². The molecule has 1 aliphatic rings. The zero-order chi connectivity index (χ0) is 18.4. The largest absolute Gasteiger partial charge is 0.325 e. The highest BCUT2D eigenvalue weighted by atomic mass is 79.9. The normalized spacial score (nSPS) is 16.2. The lowest BCUT2D eigenvalue weighted by atomic mass is 10.2. The van der Waals surface area contributed by atoms with Crippen LogP contribution in [0.3, 0.4) is 0 Å². The Labute approximate surface area is 162 Å². The van der Waals surface area contributed by atoms with E-state index in [4.69, 9.17) is 0 Å². The monoisotopic (exact) mass is 419 g/mol. The number of nitrogens with zero attached hydrogens (tertiary/aromatic N) is 2. The van der Waals surface area contributed by atoms with Gasteiger partial charge in [0.25, 0.3) is 0 Å². The van der Waals surface area contributed by atoms with Gasteiger partial charge >= 0.3 is 0 Å². The smallest absolute Gasteiger partial charge is 0.238 e. The second-order valence-electron chi connectivity index (χ2n) is 6.59. The molecule has 1 amide bonds. The second-order valence-corrected chi connectivity index (χ2v) is 7.50. The van der Waals surface area contributed by atoms with Crippen LogP contribution in [-0.4, -0.2) is 48.4 Å². The molecule has 0 aromatic heterocycles. The first-order valence-electron chi connectivity index (χ1n) is 8.83. The van der Waals surface area contributed by atoms with Gasteiger partial charge in [-0.3, -0.25) is 14.6 Å². The summed E-state index contributed by atoms with van der Waals surface area (Å²) in [5.41, 5.74) is 1.93. The fourth-order valence-corrected chi connectivity index (χ4v) is 3.39. The van der Waals surface area contributed by atoms with Crippen LogP contribution in [0.5, 0.6) is 0 Å². The summed E-state index contributed by atoms with van der Waals surface area (Å²) in [4.78, 5) is 16.8. The highest BCUT2D eigenvalue weighted by Crippen LogP contribution is 2.14. The van der Waals surface area contributed by atoms with Crippen molar-refractivity contribution in [2.45, 2.75) is 13.0 Å². The van der Waals surface area contributed by atoms with Gasteiger partial charge in [-0.2, -0.15) is 0 Å². The maximum Gasteiger partial charge on any atom is 0.238 e. The summed E-state index contributed by atoms with van der Waals surface area (Å²) in [7, 11) is 0. The number of halogens is 2. The maximum absolute atomic E-state index is 13.0. The van der Waals surface area contributed by atoms with Crippen LogP contribution in [0.1, 0.15) is 12.0 Å². The first-order chi connectivity index (χ1) is 12.6. The summed E-state index contributed by atoms with van der Waals surface area (Å²) < 4.78 is 14.0. The van der Waals surface area contributed by atoms with Crippen LogP contribution in [0.15, 0.2) is 53.0 Å². The van der Waals surface area contributed by atoms with Gasteiger partial charge in [0.1, 0.15) is 5.82 Å². The molecule has 4 nitrogen and oxygen atoms in total. The minimum absolute atomic E-state index is 0.0132. The van der Waals surface area contributed by atoms with E-state index in [-0.39, 0.29) is 11.7 Å². The van der Waals surface area contributed by atoms with Crippen molar-refractivity contribution in [2.24, 2.45) is 0 Å². The minimum Gasteiger partial charge on any atom is -0.325 e. The summed E-state index contributed by atoms with van der Waals surface area (Å²) in [6.07, 6.45) is 1.02. The lowest BCUT2D eigenvalue weighted by molar-refractivity contribution is -0.117. The number of nitrogens with one attached hydrogen (secondary N) is 1. The van der Waals surface area contributed by atoms with Gasteiger partial charge in [0.2, 0.25) is 5.91 Å². The molecule has 1 aliphatic heterocycles. The van der Waals surface area contributed by atoms with Gasteiger partial charge in [-0.25, -0.2) is 4.39 Å². The fourth-order valence-electron chi connectivity index (χ4n) is 3.13. The molecule has 2 aromatic carbocycles. The van der Waals surface area contributed by atoms with Crippen molar-refractivity contribution in [1.82, 2.24) is 9.80 Å². The Morgan fingerprint density at radius 2 is 1.62 bits per heavy atom. The van der Waals surface area contributed by atoms with Crippen LogP contribution in [0.2, 0.25) is 0 Å². The molecule has 0 bridgehead atoms. The summed E-state index contributed by atoms with van der Waals surface area (Å²) in [5.74, 6) is -0.188. The Balaban J connectivity index is 1.46. The van der Waals surface area contributed by atoms with Crippen LogP contribution < -0.4 is 5.32 Å². The average molecular weight is 420 g/mol. The first-order valence-corrected chi connectivity index (χ1v) is 9.62. The molecule has 3 rings (SSSR count). The van der Waals surface area contributed by atoms with Crippen LogP contribution in [0.4, 0.5) is 10.1 Å². The molecule has 0 aliphatic carbocycles. The highest BCUT2D eigenvalue weighted by molar-refractivity contribution is 9.10. The molecule has 0 radical (unpaired) electrons. The molecule has 2 aromatic rings. The molecular formula is C20H23BrFN3O. The van der Waals surface area contributed by atoms with Crippen LogP contribution >= 0.6 is 15.9 Å². The van der Waals surface area contributed by atoms with E-state index in [1.165, 1.54) is 12.1 Å². The molecule has 1 fully saturated rings. The molecule has 0 spiro atoms. The Kier molecular flexibility index (Phi) is 6.77. The summed E-state index contributed by atoms with van der Waals surface area (Å²) in [5, 5.41) is 2.94. The zero-order valence-electron chi connectivity index (χ0n) is 14.6. The van der Waals surface area contributed by atoms with Gasteiger partial charge in [0.05, 0.1) is 6.54 Å². The molecule has 0 saturated carbocycles. The molecule has 1 saturated heterocycles. The lowest BCUT2D eigenvalue weighted by Crippen LogP contribution is -2.36. The van der Waals surface area contributed by atoms with Crippen LogP contribution in [-0.2, 0) is 11.3 Å². The van der Waals surface area contributed by atoms with E-state index in [1.807, 2.05) is 36.4 Å². The van der Waals surface area contributed by atoms with Crippen molar-refractivity contribution >= 4 is 27.5 Å². The van der Waals surface area contributed by atoms with Crippen molar-refractivity contribution in [3.05, 3.63) is 64.4 Å². The van der Waals surface area contributed by atoms with Gasteiger partial charge in [-0.1, -0.05) is 28.1 Å². The number of hydrogen-bond donors (Lipinski definition) is 1. The third-order valence-electron chi connectivity index (χ3n) is 4.50. The van der Waals surface area contributed by atoms with E-state index in [0.29, 0.717) is 6.54 Å². The van der Waals surface area contributed by atoms with E-state index >= 15 is 0 Å². The molecular weight excluding hydrogens is 397 g/mol. The van der Waals surface area contributed by atoms with E-state index in [0.717, 1.165) is 54.9 Å².